The maximum Gasteiger partial charge on any atom is 0.164 e. The van der Waals surface area contributed by atoms with Gasteiger partial charge in [-0.05, 0) is 45.8 Å². The highest BCUT2D eigenvalue weighted by Gasteiger charge is 2.28. The lowest BCUT2D eigenvalue weighted by Gasteiger charge is -2.29. The molecular weight excluding hydrogens is 793 g/mol. The second-order valence-corrected chi connectivity index (χ2v) is 19.8. The van der Waals surface area contributed by atoms with Crippen molar-refractivity contribution in [2.75, 3.05) is 0 Å². The van der Waals surface area contributed by atoms with Gasteiger partial charge in [-0.2, -0.15) is 0 Å². The lowest BCUT2D eigenvalue weighted by atomic mass is 9.56. The molecule has 3 heterocycles. The first-order chi connectivity index (χ1) is 31.0. The van der Waals surface area contributed by atoms with Crippen molar-refractivity contribution in [1.29, 1.82) is 0 Å². The van der Waals surface area contributed by atoms with Gasteiger partial charge < -0.3 is 4.42 Å². The van der Waals surface area contributed by atoms with Crippen LogP contribution in [-0.2, 0) is 0 Å². The minimum absolute atomic E-state index is 0.618. The lowest BCUT2D eigenvalue weighted by Crippen LogP contribution is -2.51. The third kappa shape index (κ3) is 6.44. The second kappa shape index (κ2) is 15.9. The Morgan fingerprint density at radius 2 is 0.754 bits per heavy atom. The van der Waals surface area contributed by atoms with Crippen LogP contribution < -0.4 is 81.9 Å². The van der Waals surface area contributed by atoms with Gasteiger partial charge in [0.1, 0.15) is 129 Å². The van der Waals surface area contributed by atoms with Crippen molar-refractivity contribution in [3.05, 3.63) is 72.8 Å². The molecule has 4 nitrogen and oxygen atoms in total. The summed E-state index contributed by atoms with van der Waals surface area (Å²) in [5.41, 5.74) is 30.0. The van der Waals surface area contributed by atoms with Crippen LogP contribution >= 0.6 is 11.3 Å². The molecule has 0 saturated heterocycles. The van der Waals surface area contributed by atoms with E-state index in [4.69, 9.17) is 19.4 Å². The van der Waals surface area contributed by atoms with Gasteiger partial charge in [-0.1, -0.05) is 126 Å². The molecule has 3 aromatic heterocycles. The van der Waals surface area contributed by atoms with E-state index >= 15 is 0 Å². The van der Waals surface area contributed by atoms with Crippen LogP contribution in [0.25, 0.3) is 98.5 Å². The van der Waals surface area contributed by atoms with E-state index in [1.165, 1.54) is 124 Å². The Bertz CT molecular complexity index is 3680. The zero-order chi connectivity index (χ0) is 46.1. The standard InChI is InChI=1S/C45H42B15N3OS/c46-26-19(20-24-33(53)36(56)38(58)40(60)42(24)65-41(20)39(59)37(26)57)21-27(47)29(49)22(30(50)28(21)48)23-31(51)34(54)25(35(55)32(23)52)45-62-43(13-6-2-1-3-7-13)61-44(63-45)14-10-11-16-15-8-4-5-9-17(15)64-18(16)12-14/h1-12H,46-60H2. The van der Waals surface area contributed by atoms with Crippen LogP contribution in [0.4, 0.5) is 0 Å². The van der Waals surface area contributed by atoms with Crippen LogP contribution in [0.1, 0.15) is 0 Å². The van der Waals surface area contributed by atoms with Crippen molar-refractivity contribution < 1.29 is 4.42 Å². The monoisotopic (exact) mass is 837 g/mol. The quantitative estimate of drug-likeness (QED) is 0.162. The fraction of sp³-hybridized carbons (Fsp3) is 0. The summed E-state index contributed by atoms with van der Waals surface area (Å²) in [4.78, 5) is 15.7. The number of benzene rings is 7. The molecule has 0 spiro atoms. The van der Waals surface area contributed by atoms with Gasteiger partial charge in [-0.15, -0.1) is 22.3 Å². The molecule has 0 N–H and O–H groups in total. The summed E-state index contributed by atoms with van der Waals surface area (Å²) in [5.74, 6) is 1.94. The number of aromatic nitrogens is 3. The number of para-hydroxylation sites is 1. The normalized spacial score (nSPS) is 11.7. The van der Waals surface area contributed by atoms with Crippen LogP contribution in [0.5, 0.6) is 0 Å². The van der Waals surface area contributed by atoms with Crippen molar-refractivity contribution in [3.63, 3.8) is 0 Å². The molecule has 65 heavy (non-hydrogen) atoms. The Labute approximate surface area is 399 Å². The first-order valence-corrected chi connectivity index (χ1v) is 23.7. The summed E-state index contributed by atoms with van der Waals surface area (Å²) in [6.45, 7) is 0. The first kappa shape index (κ1) is 43.4. The molecule has 10 rings (SSSR count). The molecule has 10 aromatic rings. The summed E-state index contributed by atoms with van der Waals surface area (Å²) >= 11 is 1.99. The SMILES string of the molecule is Bc1c(B)c(-c2c(B)c(B)c(-c3c(B)c(B)c(B)c4sc5c(B)c(B)c(B)c(B)c5c34)c(B)c2B)c(B)c(B)c1-c1nc(-c2ccccc2)nc(-c2ccc3c(c2)oc2ccccc23)n1. The van der Waals surface area contributed by atoms with Gasteiger partial charge in [0.2, 0.25) is 0 Å². The van der Waals surface area contributed by atoms with E-state index in [1.807, 2.05) is 41.7 Å². The molecule has 7 aromatic carbocycles. The average molecular weight is 835 g/mol. The largest absolute Gasteiger partial charge is 0.456 e. The predicted molar refractivity (Wildman–Crippen MR) is 330 cm³/mol. The minimum Gasteiger partial charge on any atom is -0.456 e. The number of hydrogen-bond acceptors (Lipinski definition) is 5. The third-order valence-electron chi connectivity index (χ3n) is 15.7. The second-order valence-electron chi connectivity index (χ2n) is 18.7. The van der Waals surface area contributed by atoms with Gasteiger partial charge in [0, 0.05) is 42.2 Å². The topological polar surface area (TPSA) is 51.8 Å². The van der Waals surface area contributed by atoms with Crippen LogP contribution in [-0.4, -0.2) is 133 Å². The molecule has 0 amide bonds. The fourth-order valence-electron chi connectivity index (χ4n) is 10.9. The zero-order valence-corrected chi connectivity index (χ0v) is 41.4. The molecule has 0 unspecified atom stereocenters. The van der Waals surface area contributed by atoms with Crippen molar-refractivity contribution in [3.8, 4) is 56.4 Å². The predicted octanol–water partition coefficient (Wildman–Crippen LogP) is -13.7. The minimum atomic E-state index is 0.618. The Hall–Kier alpha value is -5.46. The van der Waals surface area contributed by atoms with Crippen LogP contribution in [0.3, 0.4) is 0 Å². The van der Waals surface area contributed by atoms with E-state index in [1.54, 1.807) is 0 Å². The van der Waals surface area contributed by atoms with Gasteiger partial charge in [-0.3, -0.25) is 0 Å². The smallest absolute Gasteiger partial charge is 0.164 e. The summed E-state index contributed by atoms with van der Waals surface area (Å²) in [7, 11) is 34.8. The van der Waals surface area contributed by atoms with E-state index in [2.05, 4.69) is 160 Å². The number of furan rings is 1. The third-order valence-corrected chi connectivity index (χ3v) is 17.1. The summed E-state index contributed by atoms with van der Waals surface area (Å²) in [6, 6.07) is 24.7. The first-order valence-electron chi connectivity index (χ1n) is 22.9. The molecule has 0 aliphatic rings. The van der Waals surface area contributed by atoms with Crippen molar-refractivity contribution >= 4 is 253 Å². The van der Waals surface area contributed by atoms with Crippen LogP contribution in [0.2, 0.25) is 0 Å². The maximum absolute atomic E-state index is 6.33. The van der Waals surface area contributed by atoms with Gasteiger partial charge in [0.05, 0.1) is 0 Å². The van der Waals surface area contributed by atoms with Gasteiger partial charge in [-0.25, -0.2) is 15.0 Å². The van der Waals surface area contributed by atoms with Crippen molar-refractivity contribution in [2.24, 2.45) is 0 Å². The highest BCUT2D eigenvalue weighted by molar-refractivity contribution is 7.28. The van der Waals surface area contributed by atoms with Crippen molar-refractivity contribution in [2.45, 2.75) is 0 Å². The van der Waals surface area contributed by atoms with Crippen LogP contribution in [0, 0.1) is 0 Å². The average Bonchev–Trinajstić information content (AvgIpc) is 3.90. The number of hydrogen-bond donors (Lipinski definition) is 0. The highest BCUT2D eigenvalue weighted by atomic mass is 32.1. The molecule has 0 saturated carbocycles. The van der Waals surface area contributed by atoms with E-state index in [-0.39, 0.29) is 0 Å². The fourth-order valence-corrected chi connectivity index (χ4v) is 12.4. The summed E-state index contributed by atoms with van der Waals surface area (Å²) in [5, 5.41) is 5.04. The summed E-state index contributed by atoms with van der Waals surface area (Å²) < 4.78 is 9.19. The lowest BCUT2D eigenvalue weighted by molar-refractivity contribution is 0.669. The molecule has 20 heteroatoms. The van der Waals surface area contributed by atoms with E-state index in [9.17, 15) is 0 Å². The maximum atomic E-state index is 6.33. The molecule has 0 aliphatic carbocycles. The van der Waals surface area contributed by atoms with Crippen molar-refractivity contribution in [1.82, 2.24) is 15.0 Å². The Morgan fingerprint density at radius 1 is 0.323 bits per heavy atom. The van der Waals surface area contributed by atoms with Gasteiger partial charge in [0.25, 0.3) is 0 Å². The van der Waals surface area contributed by atoms with E-state index in [0.717, 1.165) is 38.6 Å². The zero-order valence-electron chi connectivity index (χ0n) is 40.6. The molecule has 0 bridgehead atoms. The molecular formula is C45H42B15N3OS. The van der Waals surface area contributed by atoms with E-state index in [0.29, 0.717) is 17.5 Å². The van der Waals surface area contributed by atoms with Crippen LogP contribution in [0.15, 0.2) is 77.2 Å². The molecule has 0 radical (unpaired) electrons. The van der Waals surface area contributed by atoms with E-state index < -0.39 is 0 Å². The molecule has 0 fully saturated rings. The highest BCUT2D eigenvalue weighted by Crippen LogP contribution is 2.36. The summed E-state index contributed by atoms with van der Waals surface area (Å²) in [6.07, 6.45) is 0. The number of nitrogens with zero attached hydrogens (tertiary/aromatic N) is 3. The Balaban J connectivity index is 1.18. The molecule has 294 valence electrons. The Morgan fingerprint density at radius 3 is 1.35 bits per heavy atom. The molecule has 0 aliphatic heterocycles. The number of fused-ring (bicyclic) bond motifs is 6. The molecule has 0 atom stereocenters. The number of thiophene rings is 1. The van der Waals surface area contributed by atoms with Gasteiger partial charge >= 0.3 is 0 Å². The van der Waals surface area contributed by atoms with Gasteiger partial charge in [0.15, 0.2) is 17.5 Å². The number of rotatable bonds is 5. The Kier molecular flexibility index (Phi) is 10.6.